The molecule has 0 radical (unpaired) electrons. The monoisotopic (exact) mass is 338 g/mol. The predicted molar refractivity (Wildman–Crippen MR) is 94.1 cm³/mol. The van der Waals surface area contributed by atoms with Crippen LogP contribution in [-0.4, -0.2) is 30.4 Å². The zero-order valence-electron chi connectivity index (χ0n) is 13.2. The molecule has 1 N–H and O–H groups in total. The minimum Gasteiger partial charge on any atom is -0.333 e. The normalized spacial score (nSPS) is 17.5. The third-order valence-corrected chi connectivity index (χ3v) is 4.01. The second-order valence-corrected chi connectivity index (χ2v) is 5.55. The van der Waals surface area contributed by atoms with Gasteiger partial charge in [-0.1, -0.05) is 24.3 Å². The number of allylic oxidation sites excluding steroid dienone is 2. The summed E-state index contributed by atoms with van der Waals surface area (Å²) in [4.78, 5) is 14.7. The van der Waals surface area contributed by atoms with Crippen molar-refractivity contribution in [3.05, 3.63) is 61.0 Å². The fraction of sp³-hybridized carbons (Fsp3) is 0.389. The van der Waals surface area contributed by atoms with Crippen LogP contribution in [0.25, 0.3) is 0 Å². The Morgan fingerprint density at radius 2 is 2.09 bits per heavy atom. The van der Waals surface area contributed by atoms with Crippen molar-refractivity contribution in [3.8, 4) is 0 Å². The number of nitrogens with one attached hydrogen (secondary N) is 1. The smallest absolute Gasteiger partial charge is 0.226 e. The van der Waals surface area contributed by atoms with Gasteiger partial charge in [0, 0.05) is 25.6 Å². The van der Waals surface area contributed by atoms with Crippen molar-refractivity contribution in [2.75, 3.05) is 19.6 Å². The minimum absolute atomic E-state index is 0. The van der Waals surface area contributed by atoms with E-state index in [1.165, 1.54) is 12.1 Å². The van der Waals surface area contributed by atoms with Crippen molar-refractivity contribution < 1.29 is 9.18 Å². The standard InChI is InChI=1S/C18H23FN2O.ClH/c1-3-6-14(7-4-2)18(22)21-11-10-20-13-17(21)15-8-5-9-16(19)12-15;/h3-5,8-9,12,14,17,20H,1-2,6-7,10-11,13H2;1H. The number of hydrogen-bond donors (Lipinski definition) is 1. The molecule has 1 aromatic carbocycles. The molecule has 1 atom stereocenters. The van der Waals surface area contributed by atoms with Gasteiger partial charge in [0.15, 0.2) is 0 Å². The summed E-state index contributed by atoms with van der Waals surface area (Å²) in [5.74, 6) is -0.316. The van der Waals surface area contributed by atoms with Gasteiger partial charge in [-0.2, -0.15) is 0 Å². The van der Waals surface area contributed by atoms with E-state index in [0.717, 1.165) is 12.1 Å². The maximum atomic E-state index is 13.5. The van der Waals surface area contributed by atoms with Crippen LogP contribution in [0.5, 0.6) is 0 Å². The Morgan fingerprint density at radius 1 is 1.39 bits per heavy atom. The van der Waals surface area contributed by atoms with E-state index in [9.17, 15) is 9.18 Å². The largest absolute Gasteiger partial charge is 0.333 e. The van der Waals surface area contributed by atoms with E-state index in [-0.39, 0.29) is 36.1 Å². The van der Waals surface area contributed by atoms with Crippen LogP contribution in [0.3, 0.4) is 0 Å². The molecule has 1 aliphatic rings. The van der Waals surface area contributed by atoms with Crippen LogP contribution in [-0.2, 0) is 4.79 Å². The topological polar surface area (TPSA) is 32.3 Å². The Kier molecular flexibility index (Phi) is 8.00. The summed E-state index contributed by atoms with van der Waals surface area (Å²) in [6, 6.07) is 6.36. The molecule has 0 bridgehead atoms. The maximum Gasteiger partial charge on any atom is 0.226 e. The average Bonchev–Trinajstić information content (AvgIpc) is 2.54. The summed E-state index contributed by atoms with van der Waals surface area (Å²) in [5, 5.41) is 3.28. The van der Waals surface area contributed by atoms with Gasteiger partial charge in [-0.3, -0.25) is 4.79 Å². The molecule has 5 heteroatoms. The Hall–Kier alpha value is -1.65. The van der Waals surface area contributed by atoms with Crippen LogP contribution < -0.4 is 5.32 Å². The lowest BCUT2D eigenvalue weighted by Crippen LogP contribution is -2.50. The van der Waals surface area contributed by atoms with Gasteiger partial charge in [-0.05, 0) is 30.5 Å². The fourth-order valence-electron chi connectivity index (χ4n) is 2.91. The van der Waals surface area contributed by atoms with Crippen LogP contribution in [0.15, 0.2) is 49.6 Å². The van der Waals surface area contributed by atoms with Gasteiger partial charge >= 0.3 is 0 Å². The predicted octanol–water partition coefficient (Wildman–Crippen LogP) is 3.49. The third kappa shape index (κ3) is 4.91. The van der Waals surface area contributed by atoms with Crippen molar-refractivity contribution in [1.29, 1.82) is 0 Å². The number of carbonyl (C=O) groups excluding carboxylic acids is 1. The Morgan fingerprint density at radius 3 is 2.70 bits per heavy atom. The number of carbonyl (C=O) groups is 1. The highest BCUT2D eigenvalue weighted by Crippen LogP contribution is 2.26. The molecule has 2 rings (SSSR count). The first-order valence-electron chi connectivity index (χ1n) is 7.65. The minimum atomic E-state index is -0.274. The molecular formula is C18H24ClFN2O. The quantitative estimate of drug-likeness (QED) is 0.805. The van der Waals surface area contributed by atoms with Crippen molar-refractivity contribution in [3.63, 3.8) is 0 Å². The maximum absolute atomic E-state index is 13.5. The first kappa shape index (κ1) is 19.4. The lowest BCUT2D eigenvalue weighted by atomic mass is 9.96. The van der Waals surface area contributed by atoms with Gasteiger partial charge < -0.3 is 10.2 Å². The number of piperazine rings is 1. The van der Waals surface area contributed by atoms with Crippen molar-refractivity contribution in [1.82, 2.24) is 10.2 Å². The fourth-order valence-corrected chi connectivity index (χ4v) is 2.91. The summed E-state index contributed by atoms with van der Waals surface area (Å²) in [6.07, 6.45) is 4.80. The van der Waals surface area contributed by atoms with Gasteiger partial charge in [0.1, 0.15) is 5.82 Å². The van der Waals surface area contributed by atoms with Crippen LogP contribution in [0.2, 0.25) is 0 Å². The number of rotatable bonds is 6. The molecule has 23 heavy (non-hydrogen) atoms. The number of benzene rings is 1. The van der Waals surface area contributed by atoms with E-state index in [1.54, 1.807) is 18.2 Å². The molecule has 1 aliphatic heterocycles. The summed E-state index contributed by atoms with van der Waals surface area (Å²) in [7, 11) is 0. The lowest BCUT2D eigenvalue weighted by molar-refractivity contribution is -0.138. The summed E-state index contributed by atoms with van der Waals surface area (Å²) >= 11 is 0. The number of halogens is 2. The van der Waals surface area contributed by atoms with Crippen LogP contribution >= 0.6 is 12.4 Å². The second kappa shape index (κ2) is 9.48. The van der Waals surface area contributed by atoms with Crippen LogP contribution in [0.4, 0.5) is 4.39 Å². The van der Waals surface area contributed by atoms with E-state index in [2.05, 4.69) is 18.5 Å². The number of nitrogens with zero attached hydrogens (tertiary/aromatic N) is 1. The highest BCUT2D eigenvalue weighted by Gasteiger charge is 2.31. The van der Waals surface area contributed by atoms with Crippen molar-refractivity contribution in [2.24, 2.45) is 5.92 Å². The summed E-state index contributed by atoms with van der Waals surface area (Å²) in [6.45, 7) is 9.49. The van der Waals surface area contributed by atoms with E-state index in [1.807, 2.05) is 11.0 Å². The first-order chi connectivity index (χ1) is 10.7. The van der Waals surface area contributed by atoms with Crippen LogP contribution in [0.1, 0.15) is 24.4 Å². The SMILES string of the molecule is C=CCC(CC=C)C(=O)N1CCNCC1c1cccc(F)c1.Cl. The first-order valence-corrected chi connectivity index (χ1v) is 7.65. The Balaban J connectivity index is 0.00000264. The molecule has 126 valence electrons. The number of hydrogen-bond acceptors (Lipinski definition) is 2. The molecular weight excluding hydrogens is 315 g/mol. The molecule has 1 amide bonds. The average molecular weight is 339 g/mol. The van der Waals surface area contributed by atoms with Gasteiger partial charge in [0.25, 0.3) is 0 Å². The zero-order chi connectivity index (χ0) is 15.9. The van der Waals surface area contributed by atoms with Gasteiger partial charge in [-0.15, -0.1) is 25.6 Å². The summed E-state index contributed by atoms with van der Waals surface area (Å²) < 4.78 is 13.5. The van der Waals surface area contributed by atoms with Crippen molar-refractivity contribution >= 4 is 18.3 Å². The van der Waals surface area contributed by atoms with Gasteiger partial charge in [0.2, 0.25) is 5.91 Å². The van der Waals surface area contributed by atoms with Crippen LogP contribution in [0, 0.1) is 11.7 Å². The number of amides is 1. The molecule has 1 fully saturated rings. The highest BCUT2D eigenvalue weighted by atomic mass is 35.5. The molecule has 0 saturated carbocycles. The highest BCUT2D eigenvalue weighted by molar-refractivity contribution is 5.85. The van der Waals surface area contributed by atoms with Gasteiger partial charge in [0.05, 0.1) is 6.04 Å². The molecule has 0 aromatic heterocycles. The molecule has 0 aliphatic carbocycles. The Bertz CT molecular complexity index is 540. The molecule has 1 saturated heterocycles. The second-order valence-electron chi connectivity index (χ2n) is 5.55. The molecule has 1 unspecified atom stereocenters. The van der Waals surface area contributed by atoms with Crippen molar-refractivity contribution in [2.45, 2.75) is 18.9 Å². The van der Waals surface area contributed by atoms with E-state index < -0.39 is 0 Å². The molecule has 1 heterocycles. The van der Waals surface area contributed by atoms with E-state index in [4.69, 9.17) is 0 Å². The van der Waals surface area contributed by atoms with E-state index >= 15 is 0 Å². The van der Waals surface area contributed by atoms with Gasteiger partial charge in [-0.25, -0.2) is 4.39 Å². The van der Waals surface area contributed by atoms with E-state index in [0.29, 0.717) is 25.9 Å². The molecule has 1 aromatic rings. The lowest BCUT2D eigenvalue weighted by Gasteiger charge is -2.38. The molecule has 0 spiro atoms. The molecule has 3 nitrogen and oxygen atoms in total. The zero-order valence-corrected chi connectivity index (χ0v) is 14.0. The third-order valence-electron chi connectivity index (χ3n) is 4.01. The summed E-state index contributed by atoms with van der Waals surface area (Å²) in [5.41, 5.74) is 0.830. The Labute approximate surface area is 143 Å².